The number of imidazole rings is 1. The van der Waals surface area contributed by atoms with E-state index < -0.39 is 24.3 Å². The summed E-state index contributed by atoms with van der Waals surface area (Å²) >= 11 is 1.86. The van der Waals surface area contributed by atoms with Crippen LogP contribution in [0.5, 0.6) is 0 Å². The summed E-state index contributed by atoms with van der Waals surface area (Å²) in [6, 6.07) is 4.39. The highest BCUT2D eigenvalue weighted by Gasteiger charge is 2.41. The molecule has 38 heavy (non-hydrogen) atoms. The summed E-state index contributed by atoms with van der Waals surface area (Å²) in [4.78, 5) is 28.9. The number of rotatable bonds is 4. The van der Waals surface area contributed by atoms with Crippen molar-refractivity contribution in [2.45, 2.75) is 31.9 Å². The van der Waals surface area contributed by atoms with Gasteiger partial charge in [-0.25, -0.2) is 14.6 Å². The Kier molecular flexibility index (Phi) is 11.1. The molecule has 2 saturated heterocycles. The number of carboxylic acid groups (broad SMARTS) is 2. The minimum atomic E-state index is -5.08. The number of carboxylic acids is 2. The van der Waals surface area contributed by atoms with Crippen molar-refractivity contribution in [2.75, 3.05) is 39.4 Å². The Morgan fingerprint density at radius 3 is 2.11 bits per heavy atom. The number of ether oxygens (including phenoxy) is 1. The van der Waals surface area contributed by atoms with E-state index in [1.807, 2.05) is 23.7 Å². The second-order valence-electron chi connectivity index (χ2n) is 8.86. The zero-order chi connectivity index (χ0) is 28.6. The average Bonchev–Trinajstić information content (AvgIpc) is 3.51. The minimum absolute atomic E-state index is 0.277. The Balaban J connectivity index is 0.000000301. The first-order chi connectivity index (χ1) is 17.6. The second kappa shape index (κ2) is 13.4. The molecule has 4 heterocycles. The largest absolute Gasteiger partial charge is 0.490 e. The van der Waals surface area contributed by atoms with E-state index in [0.717, 1.165) is 58.3 Å². The first-order valence-electron chi connectivity index (χ1n) is 11.2. The first kappa shape index (κ1) is 31.5. The zero-order valence-corrected chi connectivity index (χ0v) is 21.2. The zero-order valence-electron chi connectivity index (χ0n) is 20.3. The minimum Gasteiger partial charge on any atom is -0.475 e. The summed E-state index contributed by atoms with van der Waals surface area (Å²) in [6.45, 7) is 8.18. The molecule has 0 aromatic carbocycles. The van der Waals surface area contributed by atoms with Crippen molar-refractivity contribution >= 4 is 23.3 Å². The highest BCUT2D eigenvalue weighted by molar-refractivity contribution is 7.09. The van der Waals surface area contributed by atoms with Gasteiger partial charge in [-0.15, -0.1) is 11.3 Å². The van der Waals surface area contributed by atoms with Crippen LogP contribution in [0.25, 0.3) is 0 Å². The van der Waals surface area contributed by atoms with Crippen molar-refractivity contribution in [3.63, 3.8) is 0 Å². The lowest BCUT2D eigenvalue weighted by molar-refractivity contribution is -0.193. The van der Waals surface area contributed by atoms with Crippen LogP contribution in [0.3, 0.4) is 0 Å². The predicted molar refractivity (Wildman–Crippen MR) is 123 cm³/mol. The van der Waals surface area contributed by atoms with Crippen molar-refractivity contribution in [3.05, 3.63) is 40.6 Å². The first-order valence-corrected chi connectivity index (χ1v) is 12.1. The standard InChI is InChI=1S/C18H26N4OS.2C2HF3O2/c1-20-7-5-19-17(20)12-21-6-4-18(13-21)14-22(8-9-23-15-18)11-16-3-2-10-24-16;2*3-2(4,5)1(6)7/h2-3,5,7,10H,4,6,8-9,11-15H2,1H3;2*(H,6,7). The van der Waals surface area contributed by atoms with Crippen molar-refractivity contribution in [2.24, 2.45) is 12.5 Å². The van der Waals surface area contributed by atoms with Crippen LogP contribution >= 0.6 is 11.3 Å². The van der Waals surface area contributed by atoms with Gasteiger partial charge in [0.15, 0.2) is 0 Å². The van der Waals surface area contributed by atoms with Gasteiger partial charge in [0, 0.05) is 55.9 Å². The molecule has 0 saturated carbocycles. The third-order valence-electron chi connectivity index (χ3n) is 5.77. The summed E-state index contributed by atoms with van der Waals surface area (Å²) in [5, 5.41) is 16.4. The number of hydrogen-bond acceptors (Lipinski definition) is 7. The maximum Gasteiger partial charge on any atom is 0.490 e. The van der Waals surface area contributed by atoms with Gasteiger partial charge in [0.1, 0.15) is 5.82 Å². The number of alkyl halides is 6. The highest BCUT2D eigenvalue weighted by Crippen LogP contribution is 2.34. The fourth-order valence-corrected chi connectivity index (χ4v) is 4.74. The van der Waals surface area contributed by atoms with Crippen LogP contribution in [0.2, 0.25) is 0 Å². The quantitative estimate of drug-likeness (QED) is 0.535. The Labute approximate surface area is 218 Å². The number of nitrogens with zero attached hydrogens (tertiary/aromatic N) is 4. The van der Waals surface area contributed by atoms with E-state index in [2.05, 4.69) is 43.9 Å². The number of thiophene rings is 1. The Hall–Kier alpha value is -2.69. The molecule has 2 aliphatic heterocycles. The van der Waals surface area contributed by atoms with Gasteiger partial charge >= 0.3 is 24.3 Å². The highest BCUT2D eigenvalue weighted by atomic mass is 32.1. The summed E-state index contributed by atoms with van der Waals surface area (Å²) in [5.41, 5.74) is 0.277. The number of aliphatic carboxylic acids is 2. The second-order valence-corrected chi connectivity index (χ2v) is 9.90. The number of aromatic nitrogens is 2. The Bertz CT molecular complexity index is 1010. The van der Waals surface area contributed by atoms with E-state index >= 15 is 0 Å². The van der Waals surface area contributed by atoms with Gasteiger partial charge in [-0.05, 0) is 24.4 Å². The molecule has 2 aromatic heterocycles. The van der Waals surface area contributed by atoms with Crippen LogP contribution in [0.4, 0.5) is 26.3 Å². The summed E-state index contributed by atoms with van der Waals surface area (Å²) < 4.78 is 71.6. The maximum absolute atomic E-state index is 10.6. The predicted octanol–water partition coefficient (Wildman–Crippen LogP) is 3.47. The van der Waals surface area contributed by atoms with E-state index in [-0.39, 0.29) is 5.41 Å². The molecular formula is C22H28F6N4O5S. The summed E-state index contributed by atoms with van der Waals surface area (Å²) in [5.74, 6) is -4.36. The lowest BCUT2D eigenvalue weighted by Gasteiger charge is -2.31. The molecule has 4 rings (SSSR count). The molecule has 1 spiro atoms. The van der Waals surface area contributed by atoms with Gasteiger partial charge in [-0.2, -0.15) is 26.3 Å². The molecule has 1 atom stereocenters. The van der Waals surface area contributed by atoms with Gasteiger partial charge in [-0.3, -0.25) is 9.80 Å². The van der Waals surface area contributed by atoms with E-state index in [4.69, 9.17) is 24.5 Å². The smallest absolute Gasteiger partial charge is 0.475 e. The normalized spacial score (nSPS) is 20.7. The SMILES string of the molecule is Cn1ccnc1CN1CCC2(COCCN(Cc3cccs3)C2)C1.O=C(O)C(F)(F)F.O=C(O)C(F)(F)F. The monoisotopic (exact) mass is 574 g/mol. The average molecular weight is 575 g/mol. The van der Waals surface area contributed by atoms with Crippen LogP contribution in [0.1, 0.15) is 17.1 Å². The lowest BCUT2D eigenvalue weighted by Crippen LogP contribution is -2.40. The van der Waals surface area contributed by atoms with Crippen molar-refractivity contribution in [1.29, 1.82) is 0 Å². The van der Waals surface area contributed by atoms with Crippen LogP contribution in [-0.2, 0) is 34.5 Å². The molecule has 2 fully saturated rings. The summed E-state index contributed by atoms with van der Waals surface area (Å²) in [7, 11) is 2.08. The topological polar surface area (TPSA) is 108 Å². The van der Waals surface area contributed by atoms with E-state index in [0.29, 0.717) is 0 Å². The fraction of sp³-hybridized carbons (Fsp3) is 0.591. The molecule has 9 nitrogen and oxygen atoms in total. The third kappa shape index (κ3) is 10.2. The Morgan fingerprint density at radius 1 is 1.05 bits per heavy atom. The third-order valence-corrected chi connectivity index (χ3v) is 6.63. The van der Waals surface area contributed by atoms with Crippen LogP contribution in [0, 0.1) is 5.41 Å². The van der Waals surface area contributed by atoms with Crippen LogP contribution < -0.4 is 0 Å². The number of aryl methyl sites for hydroxylation is 1. The maximum atomic E-state index is 10.6. The number of likely N-dealkylation sites (tertiary alicyclic amines) is 1. The van der Waals surface area contributed by atoms with Gasteiger partial charge in [-0.1, -0.05) is 6.07 Å². The van der Waals surface area contributed by atoms with Gasteiger partial charge in [0.05, 0.1) is 19.8 Å². The Morgan fingerprint density at radius 2 is 1.63 bits per heavy atom. The van der Waals surface area contributed by atoms with Gasteiger partial charge in [0.25, 0.3) is 0 Å². The molecule has 2 N–H and O–H groups in total. The molecule has 0 radical (unpaired) electrons. The molecule has 2 aromatic rings. The molecule has 214 valence electrons. The number of halogens is 6. The molecule has 1 unspecified atom stereocenters. The van der Waals surface area contributed by atoms with Gasteiger partial charge < -0.3 is 19.5 Å². The molecular weight excluding hydrogens is 546 g/mol. The fourth-order valence-electron chi connectivity index (χ4n) is 4.00. The van der Waals surface area contributed by atoms with Crippen molar-refractivity contribution < 1.29 is 50.9 Å². The molecule has 16 heteroatoms. The molecule has 2 aliphatic rings. The molecule has 0 amide bonds. The number of hydrogen-bond donors (Lipinski definition) is 2. The lowest BCUT2D eigenvalue weighted by atomic mass is 9.87. The van der Waals surface area contributed by atoms with E-state index in [1.54, 1.807) is 0 Å². The van der Waals surface area contributed by atoms with Crippen LogP contribution in [0.15, 0.2) is 29.9 Å². The van der Waals surface area contributed by atoms with E-state index in [9.17, 15) is 26.3 Å². The summed E-state index contributed by atoms with van der Waals surface area (Å²) in [6.07, 6.45) is -5.03. The van der Waals surface area contributed by atoms with Crippen molar-refractivity contribution in [3.8, 4) is 0 Å². The molecule has 0 aliphatic carbocycles. The van der Waals surface area contributed by atoms with E-state index in [1.165, 1.54) is 11.3 Å². The van der Waals surface area contributed by atoms with Gasteiger partial charge in [0.2, 0.25) is 0 Å². The number of carbonyl (C=O) groups is 2. The van der Waals surface area contributed by atoms with Crippen molar-refractivity contribution in [1.82, 2.24) is 19.4 Å². The molecule has 0 bridgehead atoms. The van der Waals surface area contributed by atoms with Crippen LogP contribution in [-0.4, -0.2) is 93.2 Å².